The summed E-state index contributed by atoms with van der Waals surface area (Å²) in [6, 6.07) is 9.38. The molecule has 2 rings (SSSR count). The highest BCUT2D eigenvalue weighted by atomic mass is 32.2. The van der Waals surface area contributed by atoms with E-state index in [0.29, 0.717) is 13.0 Å². The summed E-state index contributed by atoms with van der Waals surface area (Å²) in [6.45, 7) is 2.27. The minimum absolute atomic E-state index is 0.0685. The molecule has 2 amide bonds. The molecule has 0 saturated carbocycles. The molecule has 6 nitrogen and oxygen atoms in total. The van der Waals surface area contributed by atoms with Crippen LogP contribution >= 0.6 is 0 Å². The molecule has 1 N–H and O–H groups in total. The van der Waals surface area contributed by atoms with Crippen molar-refractivity contribution in [2.24, 2.45) is 0 Å². The molecule has 0 fully saturated rings. The predicted octanol–water partition coefficient (Wildman–Crippen LogP) is 1.96. The molecule has 1 aromatic heterocycles. The predicted molar refractivity (Wildman–Crippen MR) is 87.5 cm³/mol. The summed E-state index contributed by atoms with van der Waals surface area (Å²) >= 11 is 0. The monoisotopic (exact) mass is 333 g/mol. The molecule has 0 radical (unpaired) electrons. The van der Waals surface area contributed by atoms with Crippen LogP contribution in [0.1, 0.15) is 11.1 Å². The number of carbonyl (C=O) groups excluding carboxylic acids is 1. The van der Waals surface area contributed by atoms with E-state index < -0.39 is 16.1 Å². The number of aromatic nitrogens is 1. The summed E-state index contributed by atoms with van der Waals surface area (Å²) in [5, 5.41) is 0. The molecular weight excluding hydrogens is 314 g/mol. The molecule has 0 atom stereocenters. The third kappa shape index (κ3) is 4.79. The number of aryl methyl sites for hydroxylation is 1. The highest BCUT2D eigenvalue weighted by Crippen LogP contribution is 2.10. The van der Waals surface area contributed by atoms with Gasteiger partial charge >= 0.3 is 6.03 Å². The van der Waals surface area contributed by atoms with Crippen LogP contribution in [0, 0.1) is 6.92 Å². The van der Waals surface area contributed by atoms with E-state index in [-0.39, 0.29) is 4.90 Å². The van der Waals surface area contributed by atoms with Gasteiger partial charge in [-0.3, -0.25) is 4.98 Å². The summed E-state index contributed by atoms with van der Waals surface area (Å²) in [7, 11) is -2.30. The Morgan fingerprint density at radius 1 is 1.13 bits per heavy atom. The van der Waals surface area contributed by atoms with Crippen molar-refractivity contribution in [3.63, 3.8) is 0 Å². The molecule has 0 unspecified atom stereocenters. The summed E-state index contributed by atoms with van der Waals surface area (Å²) in [5.41, 5.74) is 1.98. The van der Waals surface area contributed by atoms with Gasteiger partial charge in [-0.2, -0.15) is 0 Å². The van der Waals surface area contributed by atoms with Gasteiger partial charge in [0, 0.05) is 26.0 Å². The lowest BCUT2D eigenvalue weighted by molar-refractivity contribution is 0.215. The van der Waals surface area contributed by atoms with Crippen molar-refractivity contribution in [3.05, 3.63) is 59.9 Å². The molecule has 7 heteroatoms. The summed E-state index contributed by atoms with van der Waals surface area (Å²) in [6.07, 6.45) is 3.98. The van der Waals surface area contributed by atoms with Gasteiger partial charge in [0.05, 0.1) is 4.90 Å². The second-order valence-electron chi connectivity index (χ2n) is 5.25. The fourth-order valence-electron chi connectivity index (χ4n) is 1.92. The van der Waals surface area contributed by atoms with Crippen molar-refractivity contribution >= 4 is 16.1 Å². The van der Waals surface area contributed by atoms with Gasteiger partial charge in [-0.25, -0.2) is 17.9 Å². The van der Waals surface area contributed by atoms with Gasteiger partial charge in [-0.05, 0) is 43.2 Å². The number of nitrogens with one attached hydrogen (secondary N) is 1. The number of likely N-dealkylation sites (N-methyl/N-ethyl adjacent to an activating group) is 1. The SMILES string of the molecule is Cc1ccc(S(=O)(=O)NC(=O)N(C)CCc2ccncc2)cc1. The minimum Gasteiger partial charge on any atom is -0.327 e. The lowest BCUT2D eigenvalue weighted by atomic mass is 10.2. The van der Waals surface area contributed by atoms with Crippen molar-refractivity contribution < 1.29 is 13.2 Å². The zero-order chi connectivity index (χ0) is 16.9. The van der Waals surface area contributed by atoms with E-state index >= 15 is 0 Å². The Balaban J connectivity index is 1.96. The molecule has 1 aromatic carbocycles. The second kappa shape index (κ2) is 7.23. The van der Waals surface area contributed by atoms with Crippen LogP contribution in [0.4, 0.5) is 4.79 Å². The minimum atomic E-state index is -3.86. The van der Waals surface area contributed by atoms with Gasteiger partial charge in [-0.1, -0.05) is 17.7 Å². The topological polar surface area (TPSA) is 79.4 Å². The molecule has 2 aromatic rings. The van der Waals surface area contributed by atoms with Crippen LogP contribution in [0.5, 0.6) is 0 Å². The van der Waals surface area contributed by atoms with Crippen molar-refractivity contribution in [1.82, 2.24) is 14.6 Å². The second-order valence-corrected chi connectivity index (χ2v) is 6.93. The molecule has 23 heavy (non-hydrogen) atoms. The van der Waals surface area contributed by atoms with E-state index in [2.05, 4.69) is 9.71 Å². The van der Waals surface area contributed by atoms with E-state index in [0.717, 1.165) is 11.1 Å². The summed E-state index contributed by atoms with van der Waals surface area (Å²) in [4.78, 5) is 17.4. The van der Waals surface area contributed by atoms with Gasteiger partial charge in [-0.15, -0.1) is 0 Å². The molecular formula is C16H19N3O3S. The maximum Gasteiger partial charge on any atom is 0.331 e. The van der Waals surface area contributed by atoms with Crippen LogP contribution in [-0.4, -0.2) is 37.9 Å². The Kier molecular flexibility index (Phi) is 5.33. The van der Waals surface area contributed by atoms with E-state index in [9.17, 15) is 13.2 Å². The molecule has 0 aliphatic carbocycles. The van der Waals surface area contributed by atoms with Crippen LogP contribution in [0.3, 0.4) is 0 Å². The average Bonchev–Trinajstić information content (AvgIpc) is 2.53. The smallest absolute Gasteiger partial charge is 0.327 e. The standard InChI is InChI=1S/C16H19N3O3S/c1-13-3-5-15(6-4-13)23(21,22)18-16(20)19(2)12-9-14-7-10-17-11-8-14/h3-8,10-11H,9,12H2,1-2H3,(H,18,20). The van der Waals surface area contributed by atoms with E-state index in [1.165, 1.54) is 17.0 Å². The zero-order valence-electron chi connectivity index (χ0n) is 13.1. The van der Waals surface area contributed by atoms with Crippen LogP contribution in [0.2, 0.25) is 0 Å². The molecule has 122 valence electrons. The van der Waals surface area contributed by atoms with E-state index in [1.54, 1.807) is 31.6 Å². The number of hydrogen-bond acceptors (Lipinski definition) is 4. The first kappa shape index (κ1) is 17.0. The van der Waals surface area contributed by atoms with Gasteiger partial charge in [0.2, 0.25) is 0 Å². The van der Waals surface area contributed by atoms with Crippen molar-refractivity contribution in [3.8, 4) is 0 Å². The molecule has 1 heterocycles. The molecule has 0 bridgehead atoms. The molecule has 0 saturated heterocycles. The first-order valence-corrected chi connectivity index (χ1v) is 8.60. The number of hydrogen-bond donors (Lipinski definition) is 1. The van der Waals surface area contributed by atoms with Crippen molar-refractivity contribution in [1.29, 1.82) is 0 Å². The Morgan fingerprint density at radius 3 is 2.35 bits per heavy atom. The van der Waals surface area contributed by atoms with Gasteiger partial charge in [0.25, 0.3) is 10.0 Å². The number of sulfonamides is 1. The van der Waals surface area contributed by atoms with Crippen molar-refractivity contribution in [2.45, 2.75) is 18.2 Å². The van der Waals surface area contributed by atoms with Crippen LogP contribution in [0.15, 0.2) is 53.7 Å². The number of amides is 2. The fourth-order valence-corrected chi connectivity index (χ4v) is 2.91. The number of pyridine rings is 1. The quantitative estimate of drug-likeness (QED) is 0.907. The Labute approximate surface area is 136 Å². The van der Waals surface area contributed by atoms with Gasteiger partial charge < -0.3 is 4.90 Å². The van der Waals surface area contributed by atoms with E-state index in [4.69, 9.17) is 0 Å². The largest absolute Gasteiger partial charge is 0.331 e. The maximum absolute atomic E-state index is 12.2. The van der Waals surface area contributed by atoms with Crippen molar-refractivity contribution in [2.75, 3.05) is 13.6 Å². The number of urea groups is 1. The number of carbonyl (C=O) groups is 1. The van der Waals surface area contributed by atoms with Crippen LogP contribution < -0.4 is 4.72 Å². The Bertz CT molecular complexity index is 759. The van der Waals surface area contributed by atoms with Crippen LogP contribution in [0.25, 0.3) is 0 Å². The summed E-state index contributed by atoms with van der Waals surface area (Å²) in [5.74, 6) is 0. The highest BCUT2D eigenvalue weighted by Gasteiger charge is 2.19. The lowest BCUT2D eigenvalue weighted by Crippen LogP contribution is -2.41. The normalized spacial score (nSPS) is 11.0. The average molecular weight is 333 g/mol. The Morgan fingerprint density at radius 2 is 1.74 bits per heavy atom. The number of rotatable bonds is 5. The third-order valence-corrected chi connectivity index (χ3v) is 4.72. The maximum atomic E-state index is 12.2. The first-order chi connectivity index (χ1) is 10.9. The van der Waals surface area contributed by atoms with Crippen LogP contribution in [-0.2, 0) is 16.4 Å². The number of benzene rings is 1. The van der Waals surface area contributed by atoms with Gasteiger partial charge in [0.1, 0.15) is 0 Å². The molecule has 0 aliphatic rings. The lowest BCUT2D eigenvalue weighted by Gasteiger charge is -2.18. The van der Waals surface area contributed by atoms with E-state index in [1.807, 2.05) is 19.1 Å². The molecule has 0 aliphatic heterocycles. The Hall–Kier alpha value is -2.41. The fraction of sp³-hybridized carbons (Fsp3) is 0.250. The third-order valence-electron chi connectivity index (χ3n) is 3.38. The van der Waals surface area contributed by atoms with Gasteiger partial charge in [0.15, 0.2) is 0 Å². The first-order valence-electron chi connectivity index (χ1n) is 7.12. The molecule has 0 spiro atoms. The zero-order valence-corrected chi connectivity index (χ0v) is 13.9. The highest BCUT2D eigenvalue weighted by molar-refractivity contribution is 7.90. The number of nitrogens with zero attached hydrogens (tertiary/aromatic N) is 2. The summed E-state index contributed by atoms with van der Waals surface area (Å²) < 4.78 is 26.4.